The summed E-state index contributed by atoms with van der Waals surface area (Å²) in [5, 5.41) is 11.4. The second-order valence-corrected chi connectivity index (χ2v) is 6.39. The first-order valence-electron chi connectivity index (χ1n) is 6.49. The van der Waals surface area contributed by atoms with Crippen molar-refractivity contribution in [2.75, 3.05) is 12.3 Å². The first kappa shape index (κ1) is 17.3. The van der Waals surface area contributed by atoms with E-state index >= 15 is 0 Å². The van der Waals surface area contributed by atoms with Gasteiger partial charge in [0.25, 0.3) is 0 Å². The summed E-state index contributed by atoms with van der Waals surface area (Å²) < 4.78 is 25.5. The molecule has 0 fully saturated rings. The second kappa shape index (κ2) is 7.87. The predicted octanol–water partition coefficient (Wildman–Crippen LogP) is 1.79. The fraction of sp³-hybridized carbons (Fsp3) is 0.429. The van der Waals surface area contributed by atoms with E-state index in [0.29, 0.717) is 12.5 Å². The van der Waals surface area contributed by atoms with Crippen LogP contribution in [0.2, 0.25) is 0 Å². The molecule has 1 atom stereocenters. The molecule has 1 rings (SSSR count). The third-order valence-electron chi connectivity index (χ3n) is 2.73. The Morgan fingerprint density at radius 2 is 2.05 bits per heavy atom. The van der Waals surface area contributed by atoms with Gasteiger partial charge in [0.15, 0.2) is 0 Å². The lowest BCUT2D eigenvalue weighted by Gasteiger charge is -2.08. The molecule has 5 nitrogen and oxygen atoms in total. The van der Waals surface area contributed by atoms with Crippen molar-refractivity contribution < 1.29 is 23.3 Å². The lowest BCUT2D eigenvalue weighted by molar-refractivity contribution is -0.118. The van der Waals surface area contributed by atoms with Gasteiger partial charge in [-0.25, -0.2) is 9.18 Å². The molecule has 0 aromatic heterocycles. The molecule has 0 aliphatic heterocycles. The Hall–Kier alpha value is -1.76. The topological polar surface area (TPSA) is 83.5 Å². The molecule has 1 aromatic carbocycles. The molecule has 0 bridgehead atoms. The molecule has 21 heavy (non-hydrogen) atoms. The Bertz CT molecular complexity index is 560. The first-order valence-corrected chi connectivity index (χ1v) is 7.81. The molecular weight excluding hydrogens is 297 g/mol. The minimum absolute atomic E-state index is 0.167. The van der Waals surface area contributed by atoms with E-state index in [0.717, 1.165) is 24.6 Å². The van der Waals surface area contributed by atoms with Crippen LogP contribution in [0.3, 0.4) is 0 Å². The largest absolute Gasteiger partial charge is 0.478 e. The van der Waals surface area contributed by atoms with Crippen molar-refractivity contribution in [1.29, 1.82) is 0 Å². The van der Waals surface area contributed by atoms with Gasteiger partial charge in [-0.05, 0) is 30.5 Å². The molecule has 0 heterocycles. The van der Waals surface area contributed by atoms with Gasteiger partial charge in [0.2, 0.25) is 5.91 Å². The highest BCUT2D eigenvalue weighted by Gasteiger charge is 2.16. The van der Waals surface area contributed by atoms with Crippen molar-refractivity contribution in [2.45, 2.75) is 25.2 Å². The Labute approximate surface area is 125 Å². The monoisotopic (exact) mass is 315 g/mol. The van der Waals surface area contributed by atoms with Crippen LogP contribution in [0, 0.1) is 11.7 Å². The number of carbonyl (C=O) groups excluding carboxylic acids is 1. The van der Waals surface area contributed by atoms with Gasteiger partial charge in [-0.3, -0.25) is 9.00 Å². The predicted molar refractivity (Wildman–Crippen MR) is 77.1 cm³/mol. The summed E-state index contributed by atoms with van der Waals surface area (Å²) in [7, 11) is -1.92. The minimum Gasteiger partial charge on any atom is -0.478 e. The Morgan fingerprint density at radius 3 is 2.62 bits per heavy atom. The molecule has 0 saturated carbocycles. The smallest absolute Gasteiger partial charge is 0.335 e. The highest BCUT2D eigenvalue weighted by molar-refractivity contribution is 7.85. The standard InChI is InChI=1S/C14H18FNO4S/c1-9(2)5-6-16-13(17)8-21(20)12-7-10(14(18)19)3-4-11(12)15/h3-4,7,9H,5-6,8H2,1-2H3,(H,16,17)(H,18,19). The Balaban J connectivity index is 2.69. The van der Waals surface area contributed by atoms with Gasteiger partial charge in [-0.1, -0.05) is 13.8 Å². The van der Waals surface area contributed by atoms with Crippen LogP contribution in [0.25, 0.3) is 0 Å². The van der Waals surface area contributed by atoms with Crippen molar-refractivity contribution in [3.63, 3.8) is 0 Å². The average molecular weight is 315 g/mol. The number of benzene rings is 1. The second-order valence-electron chi connectivity index (χ2n) is 4.97. The third-order valence-corrected chi connectivity index (χ3v) is 4.06. The molecule has 1 amide bonds. The van der Waals surface area contributed by atoms with Gasteiger partial charge >= 0.3 is 5.97 Å². The summed E-state index contributed by atoms with van der Waals surface area (Å²) in [6.45, 7) is 4.49. The molecule has 0 saturated heterocycles. The number of nitrogens with one attached hydrogen (secondary N) is 1. The van der Waals surface area contributed by atoms with Crippen molar-refractivity contribution >= 4 is 22.7 Å². The summed E-state index contributed by atoms with van der Waals surface area (Å²) in [5.74, 6) is -2.43. The van der Waals surface area contributed by atoms with Crippen LogP contribution in [0.1, 0.15) is 30.6 Å². The molecule has 1 aromatic rings. The molecule has 2 N–H and O–H groups in total. The van der Waals surface area contributed by atoms with Crippen LogP contribution >= 0.6 is 0 Å². The van der Waals surface area contributed by atoms with E-state index in [1.807, 2.05) is 13.8 Å². The average Bonchev–Trinajstić information content (AvgIpc) is 2.38. The maximum atomic E-state index is 13.6. The number of hydrogen-bond acceptors (Lipinski definition) is 3. The lowest BCUT2D eigenvalue weighted by Crippen LogP contribution is -2.30. The number of carboxylic acid groups (broad SMARTS) is 1. The number of hydrogen-bond donors (Lipinski definition) is 2. The van der Waals surface area contributed by atoms with E-state index in [1.165, 1.54) is 0 Å². The summed E-state index contributed by atoms with van der Waals surface area (Å²) in [6, 6.07) is 3.02. The zero-order valence-corrected chi connectivity index (χ0v) is 12.7. The lowest BCUT2D eigenvalue weighted by atomic mass is 10.1. The highest BCUT2D eigenvalue weighted by Crippen LogP contribution is 2.15. The summed E-state index contributed by atoms with van der Waals surface area (Å²) in [6.07, 6.45) is 0.793. The van der Waals surface area contributed by atoms with Crippen LogP contribution in [-0.2, 0) is 15.6 Å². The highest BCUT2D eigenvalue weighted by atomic mass is 32.2. The third kappa shape index (κ3) is 5.63. The normalized spacial score (nSPS) is 12.2. The van der Waals surface area contributed by atoms with E-state index in [9.17, 15) is 18.2 Å². The van der Waals surface area contributed by atoms with Crippen LogP contribution in [0.15, 0.2) is 23.1 Å². The van der Waals surface area contributed by atoms with Gasteiger partial charge in [0, 0.05) is 6.54 Å². The van der Waals surface area contributed by atoms with Gasteiger partial charge < -0.3 is 10.4 Å². The van der Waals surface area contributed by atoms with Crippen molar-refractivity contribution in [2.24, 2.45) is 5.92 Å². The molecule has 0 spiro atoms. The van der Waals surface area contributed by atoms with Crippen molar-refractivity contribution in [1.82, 2.24) is 5.32 Å². The van der Waals surface area contributed by atoms with Crippen LogP contribution in [0.5, 0.6) is 0 Å². The molecule has 0 aliphatic carbocycles. The van der Waals surface area contributed by atoms with Crippen LogP contribution in [-0.4, -0.2) is 33.5 Å². The van der Waals surface area contributed by atoms with E-state index in [2.05, 4.69) is 5.32 Å². The maximum absolute atomic E-state index is 13.6. The molecule has 7 heteroatoms. The number of aromatic carboxylic acids is 1. The van der Waals surface area contributed by atoms with E-state index < -0.39 is 34.2 Å². The molecular formula is C14H18FNO4S. The summed E-state index contributed by atoms with van der Waals surface area (Å²) >= 11 is 0. The fourth-order valence-electron chi connectivity index (χ4n) is 1.56. The molecule has 1 unspecified atom stereocenters. The van der Waals surface area contributed by atoms with E-state index in [4.69, 9.17) is 5.11 Å². The molecule has 0 radical (unpaired) electrons. The zero-order chi connectivity index (χ0) is 16.0. The van der Waals surface area contributed by atoms with Crippen LogP contribution in [0.4, 0.5) is 4.39 Å². The number of carboxylic acids is 1. The van der Waals surface area contributed by atoms with E-state index in [1.54, 1.807) is 0 Å². The quantitative estimate of drug-likeness (QED) is 0.803. The van der Waals surface area contributed by atoms with Gasteiger partial charge in [0.1, 0.15) is 11.6 Å². The Kier molecular flexibility index (Phi) is 6.48. The van der Waals surface area contributed by atoms with Gasteiger partial charge in [-0.15, -0.1) is 0 Å². The summed E-state index contributed by atoms with van der Waals surface area (Å²) in [5.41, 5.74) is -0.167. The first-order chi connectivity index (χ1) is 9.81. The van der Waals surface area contributed by atoms with Gasteiger partial charge in [0.05, 0.1) is 21.3 Å². The summed E-state index contributed by atoms with van der Waals surface area (Å²) in [4.78, 5) is 22.1. The van der Waals surface area contributed by atoms with Crippen LogP contribution < -0.4 is 5.32 Å². The fourth-order valence-corrected chi connectivity index (χ4v) is 2.60. The van der Waals surface area contributed by atoms with Crippen molar-refractivity contribution in [3.8, 4) is 0 Å². The minimum atomic E-state index is -1.92. The van der Waals surface area contributed by atoms with Gasteiger partial charge in [-0.2, -0.15) is 0 Å². The molecule has 0 aliphatic rings. The number of amides is 1. The SMILES string of the molecule is CC(C)CCNC(=O)CS(=O)c1cc(C(=O)O)ccc1F. The van der Waals surface area contributed by atoms with Crippen molar-refractivity contribution in [3.05, 3.63) is 29.6 Å². The van der Waals surface area contributed by atoms with E-state index in [-0.39, 0.29) is 10.5 Å². The maximum Gasteiger partial charge on any atom is 0.335 e. The molecule has 116 valence electrons. The number of rotatable bonds is 7. The Morgan fingerprint density at radius 1 is 1.38 bits per heavy atom. The number of carbonyl (C=O) groups is 2. The zero-order valence-electron chi connectivity index (χ0n) is 11.9. The number of halogens is 1.